The normalized spacial score (nSPS) is 10.6. The highest BCUT2D eigenvalue weighted by atomic mass is 15.3. The summed E-state index contributed by atoms with van der Waals surface area (Å²) in [5.41, 5.74) is 5.18. The average Bonchev–Trinajstić information content (AvgIpc) is 3.09. The van der Waals surface area contributed by atoms with Crippen LogP contribution in [-0.4, -0.2) is 9.78 Å². The highest BCUT2D eigenvalue weighted by molar-refractivity contribution is 5.80. The van der Waals surface area contributed by atoms with Crippen molar-refractivity contribution in [1.29, 1.82) is 0 Å². The summed E-state index contributed by atoms with van der Waals surface area (Å²) in [5.74, 6) is 0. The highest BCUT2D eigenvalue weighted by Gasteiger charge is 2.14. The van der Waals surface area contributed by atoms with Crippen LogP contribution in [0.3, 0.4) is 0 Å². The molecule has 0 N–H and O–H groups in total. The molecule has 0 fully saturated rings. The molecule has 2 heteroatoms. The zero-order valence-corrected chi connectivity index (χ0v) is 12.6. The van der Waals surface area contributed by atoms with Gasteiger partial charge in [0.15, 0.2) is 0 Å². The summed E-state index contributed by atoms with van der Waals surface area (Å²) in [6.07, 6.45) is 3.42. The van der Waals surface area contributed by atoms with Gasteiger partial charge in [-0.1, -0.05) is 78.9 Å². The van der Waals surface area contributed by atoms with E-state index in [1.165, 1.54) is 0 Å². The van der Waals surface area contributed by atoms with Gasteiger partial charge in [-0.2, -0.15) is 5.10 Å². The van der Waals surface area contributed by atoms with Crippen molar-refractivity contribution in [1.82, 2.24) is 9.78 Å². The Balaban J connectivity index is 1.91. The Morgan fingerprint density at radius 2 is 1.13 bits per heavy atom. The minimum atomic E-state index is 0.945. The van der Waals surface area contributed by atoms with Crippen LogP contribution in [0.2, 0.25) is 0 Å². The molecule has 0 saturated carbocycles. The SMILES string of the molecule is [c]1c(-c2ccccc2)c(-c2ccccc2)nn1-c1ccccc1. The second-order valence-electron chi connectivity index (χ2n) is 5.31. The molecule has 0 atom stereocenters. The number of aromatic nitrogens is 2. The van der Waals surface area contributed by atoms with Crippen molar-refractivity contribution in [2.75, 3.05) is 0 Å². The standard InChI is InChI=1S/C21H15N2/c1-4-10-17(11-5-1)20-16-23(19-14-8-3-9-15-19)22-21(20)18-12-6-2-7-13-18/h1-15H. The lowest BCUT2D eigenvalue weighted by Gasteiger charge is -2.01. The van der Waals surface area contributed by atoms with Gasteiger partial charge in [0.1, 0.15) is 11.9 Å². The third-order valence-electron chi connectivity index (χ3n) is 3.76. The maximum atomic E-state index is 4.79. The topological polar surface area (TPSA) is 17.8 Å². The molecule has 0 unspecified atom stereocenters. The van der Waals surface area contributed by atoms with E-state index >= 15 is 0 Å². The van der Waals surface area contributed by atoms with Gasteiger partial charge in [0.2, 0.25) is 0 Å². The molecule has 1 radical (unpaired) electrons. The monoisotopic (exact) mass is 295 g/mol. The molecule has 4 rings (SSSR count). The Kier molecular flexibility index (Phi) is 3.49. The van der Waals surface area contributed by atoms with Crippen LogP contribution >= 0.6 is 0 Å². The fourth-order valence-corrected chi connectivity index (χ4v) is 2.63. The smallest absolute Gasteiger partial charge is 0.102 e. The fraction of sp³-hybridized carbons (Fsp3) is 0. The first-order valence-corrected chi connectivity index (χ1v) is 7.60. The zero-order chi connectivity index (χ0) is 15.5. The number of benzene rings is 3. The summed E-state index contributed by atoms with van der Waals surface area (Å²) in [6, 6.07) is 30.6. The Bertz CT molecular complexity index is 838. The molecule has 0 aliphatic rings. The fourth-order valence-electron chi connectivity index (χ4n) is 2.63. The van der Waals surface area contributed by atoms with Crippen LogP contribution in [0, 0.1) is 6.20 Å². The molecular weight excluding hydrogens is 280 g/mol. The van der Waals surface area contributed by atoms with E-state index in [0.717, 1.165) is 28.1 Å². The first kappa shape index (κ1) is 13.5. The molecule has 2 nitrogen and oxygen atoms in total. The van der Waals surface area contributed by atoms with E-state index in [2.05, 4.69) is 30.5 Å². The molecule has 0 spiro atoms. The molecule has 0 saturated heterocycles. The van der Waals surface area contributed by atoms with Crippen molar-refractivity contribution in [2.24, 2.45) is 0 Å². The Hall–Kier alpha value is -3.13. The zero-order valence-electron chi connectivity index (χ0n) is 12.6. The lowest BCUT2D eigenvalue weighted by molar-refractivity contribution is 0.878. The summed E-state index contributed by atoms with van der Waals surface area (Å²) in [5, 5.41) is 4.79. The molecular formula is C21H15N2. The molecule has 109 valence electrons. The molecule has 0 aliphatic heterocycles. The summed E-state index contributed by atoms with van der Waals surface area (Å²) >= 11 is 0. The average molecular weight is 295 g/mol. The van der Waals surface area contributed by atoms with Gasteiger partial charge in [0.05, 0.1) is 5.69 Å². The second-order valence-corrected chi connectivity index (χ2v) is 5.31. The third-order valence-corrected chi connectivity index (χ3v) is 3.76. The van der Waals surface area contributed by atoms with E-state index in [1.54, 1.807) is 0 Å². The Morgan fingerprint density at radius 1 is 0.609 bits per heavy atom. The van der Waals surface area contributed by atoms with Crippen LogP contribution in [0.15, 0.2) is 91.0 Å². The Labute approximate surface area is 135 Å². The number of hydrogen-bond donors (Lipinski definition) is 0. The van der Waals surface area contributed by atoms with Gasteiger partial charge in [-0.3, -0.25) is 0 Å². The summed E-state index contributed by atoms with van der Waals surface area (Å²) in [4.78, 5) is 0. The van der Waals surface area contributed by atoms with Crippen LogP contribution in [0.25, 0.3) is 28.1 Å². The minimum Gasteiger partial charge on any atom is -0.230 e. The molecule has 4 aromatic rings. The predicted octanol–water partition coefficient (Wildman–Crippen LogP) is 5.01. The van der Waals surface area contributed by atoms with Gasteiger partial charge in [0, 0.05) is 11.1 Å². The van der Waals surface area contributed by atoms with Crippen LogP contribution < -0.4 is 0 Å². The van der Waals surface area contributed by atoms with Crippen molar-refractivity contribution < 1.29 is 0 Å². The van der Waals surface area contributed by atoms with Crippen LogP contribution in [0.1, 0.15) is 0 Å². The van der Waals surface area contributed by atoms with Gasteiger partial charge in [-0.05, 0) is 17.7 Å². The molecule has 23 heavy (non-hydrogen) atoms. The number of para-hydroxylation sites is 1. The lowest BCUT2D eigenvalue weighted by atomic mass is 10.0. The van der Waals surface area contributed by atoms with Gasteiger partial charge in [-0.15, -0.1) is 0 Å². The highest BCUT2D eigenvalue weighted by Crippen LogP contribution is 2.31. The summed E-state index contributed by atoms with van der Waals surface area (Å²) < 4.78 is 1.82. The van der Waals surface area contributed by atoms with Crippen LogP contribution in [0.5, 0.6) is 0 Å². The largest absolute Gasteiger partial charge is 0.230 e. The van der Waals surface area contributed by atoms with Crippen molar-refractivity contribution >= 4 is 0 Å². The molecule has 0 bridgehead atoms. The van der Waals surface area contributed by atoms with Gasteiger partial charge >= 0.3 is 0 Å². The van der Waals surface area contributed by atoms with Crippen LogP contribution in [0.4, 0.5) is 0 Å². The van der Waals surface area contributed by atoms with Gasteiger partial charge in [0.25, 0.3) is 0 Å². The molecule has 0 amide bonds. The van der Waals surface area contributed by atoms with Crippen molar-refractivity contribution in [3.05, 3.63) is 97.2 Å². The van der Waals surface area contributed by atoms with Crippen LogP contribution in [-0.2, 0) is 0 Å². The Morgan fingerprint density at radius 3 is 1.74 bits per heavy atom. The summed E-state index contributed by atoms with van der Waals surface area (Å²) in [6.45, 7) is 0. The van der Waals surface area contributed by atoms with Gasteiger partial charge in [-0.25, -0.2) is 4.68 Å². The van der Waals surface area contributed by atoms with Crippen molar-refractivity contribution in [2.45, 2.75) is 0 Å². The first-order chi connectivity index (χ1) is 11.4. The number of nitrogens with zero attached hydrogens (tertiary/aromatic N) is 2. The molecule has 1 heterocycles. The number of rotatable bonds is 3. The number of hydrogen-bond acceptors (Lipinski definition) is 1. The van der Waals surface area contributed by atoms with E-state index in [4.69, 9.17) is 5.10 Å². The molecule has 3 aromatic carbocycles. The maximum Gasteiger partial charge on any atom is 0.102 e. The third kappa shape index (κ3) is 2.67. The van der Waals surface area contributed by atoms with E-state index < -0.39 is 0 Å². The van der Waals surface area contributed by atoms with Gasteiger partial charge < -0.3 is 0 Å². The second kappa shape index (κ2) is 5.93. The first-order valence-electron chi connectivity index (χ1n) is 7.60. The van der Waals surface area contributed by atoms with Crippen molar-refractivity contribution in [3.63, 3.8) is 0 Å². The molecule has 1 aromatic heterocycles. The minimum absolute atomic E-state index is 0.945. The van der Waals surface area contributed by atoms with E-state index in [0.29, 0.717) is 0 Å². The quantitative estimate of drug-likeness (QED) is 0.519. The van der Waals surface area contributed by atoms with E-state index in [9.17, 15) is 0 Å². The summed E-state index contributed by atoms with van der Waals surface area (Å²) in [7, 11) is 0. The van der Waals surface area contributed by atoms with E-state index in [1.807, 2.05) is 71.4 Å². The van der Waals surface area contributed by atoms with Crippen molar-refractivity contribution in [3.8, 4) is 28.1 Å². The lowest BCUT2D eigenvalue weighted by Crippen LogP contribution is -1.94. The maximum absolute atomic E-state index is 4.79. The molecule has 0 aliphatic carbocycles. The predicted molar refractivity (Wildman–Crippen MR) is 93.3 cm³/mol. The van der Waals surface area contributed by atoms with E-state index in [-0.39, 0.29) is 0 Å².